The van der Waals surface area contributed by atoms with Crippen molar-refractivity contribution in [2.24, 2.45) is 5.73 Å². The van der Waals surface area contributed by atoms with Crippen LogP contribution in [0.25, 0.3) is 10.9 Å². The number of carbonyl (C=O) groups excluding carboxylic acids is 1. The molecule has 0 atom stereocenters. The zero-order valence-electron chi connectivity index (χ0n) is 12.0. The first-order valence-electron chi connectivity index (χ1n) is 7.34. The van der Waals surface area contributed by atoms with Gasteiger partial charge in [-0.1, -0.05) is 18.2 Å². The van der Waals surface area contributed by atoms with E-state index in [2.05, 4.69) is 27.3 Å². The Morgan fingerprint density at radius 1 is 1.24 bits per heavy atom. The van der Waals surface area contributed by atoms with E-state index in [1.807, 2.05) is 24.3 Å². The molecule has 0 spiro atoms. The zero-order chi connectivity index (χ0) is 14.7. The number of fused-ring (bicyclic) bond motifs is 1. The predicted molar refractivity (Wildman–Crippen MR) is 84.0 cm³/mol. The molecule has 1 aromatic heterocycles. The van der Waals surface area contributed by atoms with E-state index >= 15 is 0 Å². The molecule has 1 saturated heterocycles. The van der Waals surface area contributed by atoms with Gasteiger partial charge in [0.25, 0.3) is 0 Å². The predicted octanol–water partition coefficient (Wildman–Crippen LogP) is 1.60. The van der Waals surface area contributed by atoms with E-state index in [0.717, 1.165) is 42.7 Å². The van der Waals surface area contributed by atoms with E-state index in [-0.39, 0.29) is 5.91 Å². The van der Waals surface area contributed by atoms with Crippen molar-refractivity contribution in [1.82, 2.24) is 9.88 Å². The molecule has 0 bridgehead atoms. The number of rotatable bonds is 4. The molecule has 3 rings (SSSR count). The van der Waals surface area contributed by atoms with Gasteiger partial charge in [0.05, 0.1) is 12.1 Å². The highest BCUT2D eigenvalue weighted by Crippen LogP contribution is 2.18. The van der Waals surface area contributed by atoms with Gasteiger partial charge in [-0.05, 0) is 31.0 Å². The Labute approximate surface area is 124 Å². The van der Waals surface area contributed by atoms with Gasteiger partial charge in [0.15, 0.2) is 0 Å². The number of para-hydroxylation sites is 1. The number of nitrogens with zero attached hydrogens (tertiary/aromatic N) is 2. The van der Waals surface area contributed by atoms with Gasteiger partial charge in [-0.3, -0.25) is 9.69 Å². The van der Waals surface area contributed by atoms with Crippen LogP contribution in [0.4, 0.5) is 5.82 Å². The number of likely N-dealkylation sites (tertiary alicyclic amines) is 1. The van der Waals surface area contributed by atoms with Gasteiger partial charge in [-0.2, -0.15) is 0 Å². The fourth-order valence-electron chi connectivity index (χ4n) is 2.81. The largest absolute Gasteiger partial charge is 0.369 e. The highest BCUT2D eigenvalue weighted by atomic mass is 16.1. The van der Waals surface area contributed by atoms with Crippen LogP contribution in [0.2, 0.25) is 0 Å². The van der Waals surface area contributed by atoms with Crippen LogP contribution in [-0.2, 0) is 4.79 Å². The molecule has 0 aliphatic carbocycles. The first kappa shape index (κ1) is 13.8. The fraction of sp³-hybridized carbons (Fsp3) is 0.375. The minimum atomic E-state index is -0.252. The summed E-state index contributed by atoms with van der Waals surface area (Å²) >= 11 is 0. The number of benzene rings is 1. The molecule has 110 valence electrons. The molecule has 0 saturated carbocycles. The maximum absolute atomic E-state index is 10.9. The Morgan fingerprint density at radius 2 is 2.00 bits per heavy atom. The van der Waals surface area contributed by atoms with Crippen molar-refractivity contribution in [2.75, 3.05) is 25.0 Å². The normalized spacial score (nSPS) is 17.0. The summed E-state index contributed by atoms with van der Waals surface area (Å²) in [6.07, 6.45) is 2.00. The standard InChI is InChI=1S/C16H20N4O/c17-15(21)11-20-9-7-13(8-10-20)18-16-6-5-12-3-1-2-4-14(12)19-16/h1-6,13H,7-11H2,(H2,17,21)(H,18,19). The summed E-state index contributed by atoms with van der Waals surface area (Å²) in [6.45, 7) is 2.16. The molecule has 0 unspecified atom stereocenters. The van der Waals surface area contributed by atoms with Crippen molar-refractivity contribution in [2.45, 2.75) is 18.9 Å². The molecule has 1 amide bonds. The van der Waals surface area contributed by atoms with Gasteiger partial charge in [0, 0.05) is 24.5 Å². The molecule has 1 fully saturated rings. The second-order valence-electron chi connectivity index (χ2n) is 5.55. The Kier molecular flexibility index (Phi) is 4.01. The molecular weight excluding hydrogens is 264 g/mol. The average molecular weight is 284 g/mol. The molecule has 3 N–H and O–H groups in total. The minimum Gasteiger partial charge on any atom is -0.369 e. The van der Waals surface area contributed by atoms with E-state index in [9.17, 15) is 4.79 Å². The van der Waals surface area contributed by atoms with E-state index in [4.69, 9.17) is 5.73 Å². The number of piperidine rings is 1. The van der Waals surface area contributed by atoms with Crippen LogP contribution in [0.5, 0.6) is 0 Å². The maximum atomic E-state index is 10.9. The van der Waals surface area contributed by atoms with Crippen LogP contribution >= 0.6 is 0 Å². The van der Waals surface area contributed by atoms with Crippen LogP contribution in [0.3, 0.4) is 0 Å². The summed E-state index contributed by atoms with van der Waals surface area (Å²) in [6, 6.07) is 12.6. The van der Waals surface area contributed by atoms with Gasteiger partial charge in [-0.25, -0.2) is 4.98 Å². The number of pyridine rings is 1. The summed E-state index contributed by atoms with van der Waals surface area (Å²) in [5, 5.41) is 4.65. The van der Waals surface area contributed by atoms with Crippen LogP contribution in [0.15, 0.2) is 36.4 Å². The van der Waals surface area contributed by atoms with E-state index < -0.39 is 0 Å². The van der Waals surface area contributed by atoms with Gasteiger partial charge in [-0.15, -0.1) is 0 Å². The lowest BCUT2D eigenvalue weighted by Crippen LogP contribution is -2.43. The molecular formula is C16H20N4O. The molecule has 5 heteroatoms. The van der Waals surface area contributed by atoms with Crippen molar-refractivity contribution in [3.63, 3.8) is 0 Å². The first-order valence-corrected chi connectivity index (χ1v) is 7.34. The van der Waals surface area contributed by atoms with Crippen molar-refractivity contribution >= 4 is 22.6 Å². The third kappa shape index (κ3) is 3.49. The van der Waals surface area contributed by atoms with Crippen LogP contribution in [-0.4, -0.2) is 41.5 Å². The summed E-state index contributed by atoms with van der Waals surface area (Å²) < 4.78 is 0. The average Bonchev–Trinajstić information content (AvgIpc) is 2.49. The number of anilines is 1. The van der Waals surface area contributed by atoms with E-state index in [1.54, 1.807) is 0 Å². The molecule has 1 aliphatic heterocycles. The zero-order valence-corrected chi connectivity index (χ0v) is 12.0. The van der Waals surface area contributed by atoms with Gasteiger partial charge in [0.2, 0.25) is 5.91 Å². The highest BCUT2D eigenvalue weighted by molar-refractivity contribution is 5.80. The molecule has 1 aromatic carbocycles. The number of amides is 1. The molecule has 2 heterocycles. The third-order valence-electron chi connectivity index (χ3n) is 3.92. The third-order valence-corrected chi connectivity index (χ3v) is 3.92. The van der Waals surface area contributed by atoms with Crippen LogP contribution in [0, 0.1) is 0 Å². The molecule has 0 radical (unpaired) electrons. The number of primary amides is 1. The Bertz CT molecular complexity index is 635. The quantitative estimate of drug-likeness (QED) is 0.894. The SMILES string of the molecule is NC(=O)CN1CCC(Nc2ccc3ccccc3n2)CC1. The molecule has 21 heavy (non-hydrogen) atoms. The van der Waals surface area contributed by atoms with Crippen molar-refractivity contribution in [3.8, 4) is 0 Å². The number of hydrogen-bond acceptors (Lipinski definition) is 4. The van der Waals surface area contributed by atoms with Gasteiger partial charge >= 0.3 is 0 Å². The molecule has 1 aliphatic rings. The van der Waals surface area contributed by atoms with Crippen molar-refractivity contribution in [3.05, 3.63) is 36.4 Å². The van der Waals surface area contributed by atoms with Crippen molar-refractivity contribution < 1.29 is 4.79 Å². The van der Waals surface area contributed by atoms with Crippen molar-refractivity contribution in [1.29, 1.82) is 0 Å². The summed E-state index contributed by atoms with van der Waals surface area (Å²) in [4.78, 5) is 17.7. The van der Waals surface area contributed by atoms with Gasteiger partial charge < -0.3 is 11.1 Å². The number of carbonyl (C=O) groups is 1. The van der Waals surface area contributed by atoms with Crippen LogP contribution in [0.1, 0.15) is 12.8 Å². The lowest BCUT2D eigenvalue weighted by Gasteiger charge is -2.31. The van der Waals surface area contributed by atoms with Gasteiger partial charge in [0.1, 0.15) is 5.82 Å². The fourth-order valence-corrected chi connectivity index (χ4v) is 2.81. The smallest absolute Gasteiger partial charge is 0.231 e. The Balaban J connectivity index is 1.60. The number of aromatic nitrogens is 1. The Hall–Kier alpha value is -2.14. The summed E-state index contributed by atoms with van der Waals surface area (Å²) in [7, 11) is 0. The first-order chi connectivity index (χ1) is 10.2. The number of hydrogen-bond donors (Lipinski definition) is 2. The second-order valence-corrected chi connectivity index (χ2v) is 5.55. The lowest BCUT2D eigenvalue weighted by atomic mass is 10.0. The lowest BCUT2D eigenvalue weighted by molar-refractivity contribution is -0.119. The topological polar surface area (TPSA) is 71.2 Å². The number of nitrogens with one attached hydrogen (secondary N) is 1. The van der Waals surface area contributed by atoms with E-state index in [1.165, 1.54) is 0 Å². The highest BCUT2D eigenvalue weighted by Gasteiger charge is 2.20. The monoisotopic (exact) mass is 284 g/mol. The summed E-state index contributed by atoms with van der Waals surface area (Å²) in [5.41, 5.74) is 6.24. The van der Waals surface area contributed by atoms with Crippen LogP contribution < -0.4 is 11.1 Å². The maximum Gasteiger partial charge on any atom is 0.231 e. The number of nitrogens with two attached hydrogens (primary N) is 1. The molecule has 2 aromatic rings. The molecule has 5 nitrogen and oxygen atoms in total. The van der Waals surface area contributed by atoms with E-state index in [0.29, 0.717) is 12.6 Å². The minimum absolute atomic E-state index is 0.252. The second kappa shape index (κ2) is 6.10. The Morgan fingerprint density at radius 3 is 2.76 bits per heavy atom. The summed E-state index contributed by atoms with van der Waals surface area (Å²) in [5.74, 6) is 0.666.